The summed E-state index contributed by atoms with van der Waals surface area (Å²) in [5.74, 6) is -0.541. The van der Waals surface area contributed by atoms with Crippen LogP contribution in [0.3, 0.4) is 0 Å². The lowest BCUT2D eigenvalue weighted by Crippen LogP contribution is -2.11. The number of carbonyl (C=O) groups excluding carboxylic acids is 1. The van der Waals surface area contributed by atoms with Gasteiger partial charge in [0, 0.05) is 17.7 Å². The van der Waals surface area contributed by atoms with E-state index in [2.05, 4.69) is 0 Å². The molecule has 0 spiro atoms. The van der Waals surface area contributed by atoms with Gasteiger partial charge >= 0.3 is 10.1 Å². The molecule has 120 valence electrons. The third-order valence-corrected chi connectivity index (χ3v) is 4.38. The second-order valence-corrected chi connectivity index (χ2v) is 6.45. The predicted molar refractivity (Wildman–Crippen MR) is 82.4 cm³/mol. The van der Waals surface area contributed by atoms with Crippen molar-refractivity contribution in [3.05, 3.63) is 63.2 Å². The van der Waals surface area contributed by atoms with Gasteiger partial charge in [0.1, 0.15) is 4.90 Å². The van der Waals surface area contributed by atoms with E-state index in [-0.39, 0.29) is 32.7 Å². The van der Waals surface area contributed by atoms with Gasteiger partial charge in [-0.1, -0.05) is 23.7 Å². The van der Waals surface area contributed by atoms with Crippen molar-refractivity contribution in [2.75, 3.05) is 0 Å². The molecule has 0 aromatic heterocycles. The van der Waals surface area contributed by atoms with E-state index in [0.717, 1.165) is 18.2 Å². The Labute approximate surface area is 136 Å². The molecule has 0 heterocycles. The Morgan fingerprint density at radius 1 is 1.22 bits per heavy atom. The second kappa shape index (κ2) is 6.35. The predicted octanol–water partition coefficient (Wildman–Crippen LogP) is 3.22. The van der Waals surface area contributed by atoms with Gasteiger partial charge in [-0.15, -0.1) is 0 Å². The average molecular weight is 356 g/mol. The smallest absolute Gasteiger partial charge is 0.339 e. The number of hydrogen-bond acceptors (Lipinski definition) is 6. The van der Waals surface area contributed by atoms with Crippen molar-refractivity contribution in [1.29, 1.82) is 0 Å². The third-order valence-electron chi connectivity index (χ3n) is 2.86. The number of Topliss-reactive ketones (excluding diaryl/α,β-unsaturated/α-hetero) is 1. The molecule has 0 aliphatic heterocycles. The molecule has 0 atom stereocenters. The molecule has 0 saturated carbocycles. The summed E-state index contributed by atoms with van der Waals surface area (Å²) in [6.07, 6.45) is 0. The number of nitro benzene ring substituents is 1. The van der Waals surface area contributed by atoms with E-state index in [1.54, 1.807) is 0 Å². The molecule has 2 aromatic rings. The zero-order valence-corrected chi connectivity index (χ0v) is 13.3. The first-order chi connectivity index (χ1) is 10.7. The van der Waals surface area contributed by atoms with Gasteiger partial charge in [-0.05, 0) is 25.1 Å². The lowest BCUT2D eigenvalue weighted by atomic mass is 10.2. The van der Waals surface area contributed by atoms with Gasteiger partial charge in [-0.3, -0.25) is 14.9 Å². The first kappa shape index (κ1) is 16.9. The molecule has 2 rings (SSSR count). The molecule has 0 aliphatic carbocycles. The number of nitrogens with zero attached hydrogens (tertiary/aromatic N) is 1. The van der Waals surface area contributed by atoms with Gasteiger partial charge in [-0.2, -0.15) is 8.42 Å². The first-order valence-electron chi connectivity index (χ1n) is 6.20. The number of benzene rings is 2. The number of nitro groups is 1. The highest BCUT2D eigenvalue weighted by Gasteiger charge is 2.20. The van der Waals surface area contributed by atoms with Crippen molar-refractivity contribution in [3.8, 4) is 5.75 Å². The summed E-state index contributed by atoms with van der Waals surface area (Å²) in [6, 6.07) is 8.47. The molecule has 0 fully saturated rings. The number of carbonyl (C=O) groups is 1. The Bertz CT molecular complexity index is 894. The highest BCUT2D eigenvalue weighted by Crippen LogP contribution is 2.31. The summed E-state index contributed by atoms with van der Waals surface area (Å²) in [6.45, 7) is 1.31. The number of non-ortho nitro benzene ring substituents is 1. The van der Waals surface area contributed by atoms with Crippen LogP contribution in [0.2, 0.25) is 5.02 Å². The van der Waals surface area contributed by atoms with Crippen LogP contribution in [-0.4, -0.2) is 19.1 Å². The van der Waals surface area contributed by atoms with Crippen molar-refractivity contribution < 1.29 is 22.3 Å². The molecule has 0 amide bonds. The van der Waals surface area contributed by atoms with Crippen molar-refractivity contribution in [3.63, 3.8) is 0 Å². The van der Waals surface area contributed by atoms with Crippen molar-refractivity contribution >= 4 is 33.2 Å². The lowest BCUT2D eigenvalue weighted by Gasteiger charge is -2.09. The van der Waals surface area contributed by atoms with Crippen molar-refractivity contribution in [2.24, 2.45) is 0 Å². The molecule has 0 N–H and O–H groups in total. The summed E-state index contributed by atoms with van der Waals surface area (Å²) in [4.78, 5) is 21.1. The summed E-state index contributed by atoms with van der Waals surface area (Å²) < 4.78 is 29.3. The van der Waals surface area contributed by atoms with Gasteiger partial charge in [0.2, 0.25) is 0 Å². The van der Waals surface area contributed by atoms with Gasteiger partial charge < -0.3 is 4.18 Å². The second-order valence-electron chi connectivity index (χ2n) is 4.49. The van der Waals surface area contributed by atoms with Gasteiger partial charge in [0.25, 0.3) is 5.69 Å². The van der Waals surface area contributed by atoms with Crippen LogP contribution < -0.4 is 4.18 Å². The molecule has 2 aromatic carbocycles. The third kappa shape index (κ3) is 3.85. The standard InChI is InChI=1S/C14H10ClNO6S/c1-9(17)10-3-2-4-12(7-10)23(20,21)22-14-6-5-11(16(18)19)8-13(14)15/h2-8H,1H3. The maximum absolute atomic E-state index is 12.2. The molecule has 9 heteroatoms. The van der Waals surface area contributed by atoms with Crippen molar-refractivity contribution in [2.45, 2.75) is 11.8 Å². The Morgan fingerprint density at radius 2 is 1.91 bits per heavy atom. The topological polar surface area (TPSA) is 104 Å². The number of rotatable bonds is 5. The highest BCUT2D eigenvalue weighted by molar-refractivity contribution is 7.87. The summed E-state index contributed by atoms with van der Waals surface area (Å²) in [5.41, 5.74) is -0.0807. The molecular weight excluding hydrogens is 346 g/mol. The summed E-state index contributed by atoms with van der Waals surface area (Å²) >= 11 is 5.80. The fourth-order valence-electron chi connectivity index (χ4n) is 1.71. The van der Waals surface area contributed by atoms with Gasteiger partial charge in [-0.25, -0.2) is 0 Å². The van der Waals surface area contributed by atoms with Crippen LogP contribution >= 0.6 is 11.6 Å². The summed E-state index contributed by atoms with van der Waals surface area (Å²) in [5, 5.41) is 10.4. The minimum atomic E-state index is -4.23. The Kier molecular flexibility index (Phi) is 4.67. The minimum Gasteiger partial charge on any atom is -0.377 e. The van der Waals surface area contributed by atoms with Crippen LogP contribution in [0.15, 0.2) is 47.4 Å². The first-order valence-corrected chi connectivity index (χ1v) is 7.99. The van der Waals surface area contributed by atoms with E-state index in [1.165, 1.54) is 31.2 Å². The molecule has 0 bridgehead atoms. The largest absolute Gasteiger partial charge is 0.377 e. The number of halogens is 1. The molecule has 0 saturated heterocycles. The van der Waals surface area contributed by atoms with E-state index in [4.69, 9.17) is 15.8 Å². The molecule has 7 nitrogen and oxygen atoms in total. The number of ketones is 1. The minimum absolute atomic E-state index is 0.212. The van der Waals surface area contributed by atoms with E-state index < -0.39 is 15.0 Å². The van der Waals surface area contributed by atoms with Gasteiger partial charge in [0.15, 0.2) is 11.5 Å². The normalized spacial score (nSPS) is 11.0. The van der Waals surface area contributed by atoms with E-state index >= 15 is 0 Å². The van der Waals surface area contributed by atoms with E-state index in [0.29, 0.717) is 0 Å². The van der Waals surface area contributed by atoms with Crippen LogP contribution in [0.4, 0.5) is 5.69 Å². The Hall–Kier alpha value is -2.45. The van der Waals surface area contributed by atoms with Crippen LogP contribution in [0, 0.1) is 10.1 Å². The zero-order chi connectivity index (χ0) is 17.2. The maximum atomic E-state index is 12.2. The van der Waals surface area contributed by atoms with E-state index in [1.807, 2.05) is 0 Å². The van der Waals surface area contributed by atoms with Crippen LogP contribution in [0.1, 0.15) is 17.3 Å². The van der Waals surface area contributed by atoms with Crippen LogP contribution in [0.25, 0.3) is 0 Å². The monoisotopic (exact) mass is 355 g/mol. The van der Waals surface area contributed by atoms with Crippen LogP contribution in [-0.2, 0) is 10.1 Å². The van der Waals surface area contributed by atoms with Gasteiger partial charge in [0.05, 0.1) is 9.95 Å². The Morgan fingerprint density at radius 3 is 2.48 bits per heavy atom. The van der Waals surface area contributed by atoms with Crippen LogP contribution in [0.5, 0.6) is 5.75 Å². The van der Waals surface area contributed by atoms with E-state index in [9.17, 15) is 23.3 Å². The molecular formula is C14H10ClNO6S. The zero-order valence-electron chi connectivity index (χ0n) is 11.7. The molecule has 23 heavy (non-hydrogen) atoms. The molecule has 0 unspecified atom stereocenters. The highest BCUT2D eigenvalue weighted by atomic mass is 35.5. The fraction of sp³-hybridized carbons (Fsp3) is 0.0714. The molecule has 0 radical (unpaired) electrons. The quantitative estimate of drug-likeness (QED) is 0.353. The molecule has 0 aliphatic rings. The fourth-order valence-corrected chi connectivity index (χ4v) is 2.96. The van der Waals surface area contributed by atoms with Crippen molar-refractivity contribution in [1.82, 2.24) is 0 Å². The lowest BCUT2D eigenvalue weighted by molar-refractivity contribution is -0.384. The average Bonchev–Trinajstić information content (AvgIpc) is 2.49. The SMILES string of the molecule is CC(=O)c1cccc(S(=O)(=O)Oc2ccc([N+](=O)[O-])cc2Cl)c1. The Balaban J connectivity index is 2.37. The summed E-state index contributed by atoms with van der Waals surface area (Å²) in [7, 11) is -4.23. The number of hydrogen-bond donors (Lipinski definition) is 0. The maximum Gasteiger partial charge on any atom is 0.339 e.